The second-order valence-electron chi connectivity index (χ2n) is 7.03. The van der Waals surface area contributed by atoms with Gasteiger partial charge in [-0.05, 0) is 50.8 Å². The lowest BCUT2D eigenvalue weighted by Gasteiger charge is -2.25. The van der Waals surface area contributed by atoms with E-state index in [1.807, 2.05) is 43.3 Å². The van der Waals surface area contributed by atoms with Crippen molar-refractivity contribution in [1.29, 1.82) is 0 Å². The zero-order chi connectivity index (χ0) is 21.8. The van der Waals surface area contributed by atoms with Crippen LogP contribution in [0.4, 0.5) is 4.39 Å². The number of benzene rings is 2. The summed E-state index contributed by atoms with van der Waals surface area (Å²) in [6.07, 6.45) is 0. The predicted molar refractivity (Wildman–Crippen MR) is 113 cm³/mol. The fourth-order valence-electron chi connectivity index (χ4n) is 3.26. The number of hydrogen-bond donors (Lipinski definition) is 1. The normalized spacial score (nSPS) is 12.1. The number of likely N-dealkylation sites (N-methyl/N-ethyl adjacent to an activating group) is 1. The first-order chi connectivity index (χ1) is 14.3. The molecular formula is C22H23ClFN3O3. The molecule has 0 radical (unpaired) electrons. The van der Waals surface area contributed by atoms with E-state index in [-0.39, 0.29) is 33.6 Å². The number of aromatic nitrogens is 1. The van der Waals surface area contributed by atoms with E-state index >= 15 is 0 Å². The molecule has 0 aliphatic heterocycles. The van der Waals surface area contributed by atoms with Crippen molar-refractivity contribution in [1.82, 2.24) is 15.4 Å². The van der Waals surface area contributed by atoms with Crippen molar-refractivity contribution >= 4 is 17.5 Å². The quantitative estimate of drug-likeness (QED) is 0.597. The van der Waals surface area contributed by atoms with Crippen LogP contribution in [0.1, 0.15) is 27.7 Å². The summed E-state index contributed by atoms with van der Waals surface area (Å²) in [5.41, 5.74) is 1.26. The van der Waals surface area contributed by atoms with Crippen molar-refractivity contribution in [2.75, 3.05) is 27.7 Å². The van der Waals surface area contributed by atoms with E-state index < -0.39 is 11.7 Å². The maximum absolute atomic E-state index is 14.4. The average Bonchev–Trinajstić information content (AvgIpc) is 3.09. The maximum atomic E-state index is 14.4. The molecule has 0 aliphatic carbocycles. The second kappa shape index (κ2) is 9.28. The SMILES string of the molecule is COc1cccc(C(CNC(=O)c2c(-c3c(F)cccc3Cl)noc2C)N(C)C)c1. The minimum absolute atomic E-state index is 0.0399. The summed E-state index contributed by atoms with van der Waals surface area (Å²) in [6, 6.07) is 11.8. The first kappa shape index (κ1) is 21.8. The third-order valence-electron chi connectivity index (χ3n) is 4.85. The number of rotatable bonds is 7. The highest BCUT2D eigenvalue weighted by Gasteiger charge is 2.26. The molecule has 1 aromatic heterocycles. The second-order valence-corrected chi connectivity index (χ2v) is 7.43. The Morgan fingerprint density at radius 2 is 2.03 bits per heavy atom. The molecule has 6 nitrogen and oxygen atoms in total. The van der Waals surface area contributed by atoms with Gasteiger partial charge in [-0.1, -0.05) is 35.0 Å². The van der Waals surface area contributed by atoms with Crippen LogP contribution in [0.15, 0.2) is 47.0 Å². The first-order valence-corrected chi connectivity index (χ1v) is 9.70. The summed E-state index contributed by atoms with van der Waals surface area (Å²) < 4.78 is 24.9. The van der Waals surface area contributed by atoms with Crippen LogP contribution in [0.5, 0.6) is 5.75 Å². The summed E-state index contributed by atoms with van der Waals surface area (Å²) in [7, 11) is 5.45. The Hall–Kier alpha value is -2.90. The number of carbonyl (C=O) groups excluding carboxylic acids is 1. The Morgan fingerprint density at radius 3 is 2.70 bits per heavy atom. The molecule has 158 valence electrons. The van der Waals surface area contributed by atoms with E-state index in [9.17, 15) is 9.18 Å². The minimum atomic E-state index is -0.576. The number of methoxy groups -OCH3 is 1. The molecule has 0 aliphatic rings. The largest absolute Gasteiger partial charge is 0.497 e. The van der Waals surface area contributed by atoms with Crippen molar-refractivity contribution in [3.63, 3.8) is 0 Å². The Bertz CT molecular complexity index is 1030. The highest BCUT2D eigenvalue weighted by molar-refractivity contribution is 6.33. The van der Waals surface area contributed by atoms with Gasteiger partial charge >= 0.3 is 0 Å². The van der Waals surface area contributed by atoms with Gasteiger partial charge in [-0.3, -0.25) is 4.79 Å². The molecule has 1 unspecified atom stereocenters. The van der Waals surface area contributed by atoms with Gasteiger partial charge < -0.3 is 19.5 Å². The third-order valence-corrected chi connectivity index (χ3v) is 5.16. The van der Waals surface area contributed by atoms with Crippen LogP contribution in [0.3, 0.4) is 0 Å². The van der Waals surface area contributed by atoms with E-state index in [1.54, 1.807) is 14.0 Å². The summed E-state index contributed by atoms with van der Waals surface area (Å²) in [6.45, 7) is 1.92. The maximum Gasteiger partial charge on any atom is 0.257 e. The number of halogens is 2. The molecular weight excluding hydrogens is 409 g/mol. The first-order valence-electron chi connectivity index (χ1n) is 9.32. The van der Waals surface area contributed by atoms with E-state index in [0.717, 1.165) is 11.3 Å². The van der Waals surface area contributed by atoms with Gasteiger partial charge in [0.2, 0.25) is 0 Å². The zero-order valence-corrected chi connectivity index (χ0v) is 18.0. The van der Waals surface area contributed by atoms with Crippen molar-refractivity contribution in [3.8, 4) is 17.0 Å². The number of nitrogens with zero attached hydrogens (tertiary/aromatic N) is 2. The predicted octanol–water partition coefficient (Wildman–Crippen LogP) is 4.48. The van der Waals surface area contributed by atoms with Gasteiger partial charge in [0.1, 0.15) is 28.6 Å². The summed E-state index contributed by atoms with van der Waals surface area (Å²) in [5, 5.41) is 6.94. The number of ether oxygens (including phenoxy) is 1. The third kappa shape index (κ3) is 4.47. The molecule has 0 saturated carbocycles. The Kier molecular flexibility index (Phi) is 6.74. The Labute approximate surface area is 179 Å². The fraction of sp³-hybridized carbons (Fsp3) is 0.273. The van der Waals surface area contributed by atoms with Crippen LogP contribution in [0, 0.1) is 12.7 Å². The van der Waals surface area contributed by atoms with Crippen molar-refractivity contribution in [2.45, 2.75) is 13.0 Å². The molecule has 30 heavy (non-hydrogen) atoms. The number of nitrogens with one attached hydrogen (secondary N) is 1. The van der Waals surface area contributed by atoms with Crippen LogP contribution in [0.25, 0.3) is 11.3 Å². The summed E-state index contributed by atoms with van der Waals surface area (Å²) >= 11 is 6.16. The molecule has 0 saturated heterocycles. The van der Waals surface area contributed by atoms with Gasteiger partial charge in [-0.15, -0.1) is 0 Å². The number of carbonyl (C=O) groups is 1. The van der Waals surface area contributed by atoms with Gasteiger partial charge in [0.15, 0.2) is 0 Å². The van der Waals surface area contributed by atoms with Crippen LogP contribution in [0.2, 0.25) is 5.02 Å². The average molecular weight is 432 g/mol. The van der Waals surface area contributed by atoms with Crippen molar-refractivity contribution in [2.24, 2.45) is 0 Å². The minimum Gasteiger partial charge on any atom is -0.497 e. The lowest BCUT2D eigenvalue weighted by Crippen LogP contribution is -2.34. The molecule has 3 rings (SSSR count). The van der Waals surface area contributed by atoms with Gasteiger partial charge in [-0.2, -0.15) is 0 Å². The van der Waals surface area contributed by atoms with Gasteiger partial charge in [0.25, 0.3) is 5.91 Å². The molecule has 1 atom stereocenters. The standard InChI is InChI=1S/C22H23ClFN3O3/c1-13-19(21(26-30-13)20-16(23)9-6-10-17(20)24)22(28)25-12-18(27(2)3)14-7-5-8-15(11-14)29-4/h5-11,18H,12H2,1-4H3,(H,25,28). The molecule has 2 aromatic carbocycles. The summed E-state index contributed by atoms with van der Waals surface area (Å²) in [5.74, 6) is 0.0202. The summed E-state index contributed by atoms with van der Waals surface area (Å²) in [4.78, 5) is 15.0. The van der Waals surface area contributed by atoms with Crippen LogP contribution in [-0.4, -0.2) is 43.7 Å². The number of aryl methyl sites for hydroxylation is 1. The van der Waals surface area contributed by atoms with E-state index in [0.29, 0.717) is 6.54 Å². The molecule has 3 aromatic rings. The van der Waals surface area contributed by atoms with Crippen LogP contribution in [-0.2, 0) is 0 Å². The Balaban J connectivity index is 1.87. The topological polar surface area (TPSA) is 67.6 Å². The van der Waals surface area contributed by atoms with Crippen LogP contribution < -0.4 is 10.1 Å². The Morgan fingerprint density at radius 1 is 1.30 bits per heavy atom. The lowest BCUT2D eigenvalue weighted by atomic mass is 10.0. The molecule has 1 amide bonds. The zero-order valence-electron chi connectivity index (χ0n) is 17.2. The van der Waals surface area contributed by atoms with Gasteiger partial charge in [0, 0.05) is 6.54 Å². The molecule has 8 heteroatoms. The van der Waals surface area contributed by atoms with E-state index in [1.165, 1.54) is 18.2 Å². The smallest absolute Gasteiger partial charge is 0.257 e. The fourth-order valence-corrected chi connectivity index (χ4v) is 3.51. The highest BCUT2D eigenvalue weighted by Crippen LogP contribution is 2.33. The molecule has 0 fully saturated rings. The highest BCUT2D eigenvalue weighted by atomic mass is 35.5. The molecule has 0 spiro atoms. The van der Waals surface area contributed by atoms with Crippen molar-refractivity contribution in [3.05, 3.63) is 70.2 Å². The lowest BCUT2D eigenvalue weighted by molar-refractivity contribution is 0.0941. The monoisotopic (exact) mass is 431 g/mol. The molecule has 1 heterocycles. The van der Waals surface area contributed by atoms with E-state index in [2.05, 4.69) is 10.5 Å². The van der Waals surface area contributed by atoms with E-state index in [4.69, 9.17) is 20.9 Å². The number of amides is 1. The van der Waals surface area contributed by atoms with Gasteiger partial charge in [0.05, 0.1) is 23.7 Å². The molecule has 1 N–H and O–H groups in total. The van der Waals surface area contributed by atoms with Gasteiger partial charge in [-0.25, -0.2) is 4.39 Å². The van der Waals surface area contributed by atoms with Crippen molar-refractivity contribution < 1.29 is 18.4 Å². The molecule has 0 bridgehead atoms. The van der Waals surface area contributed by atoms with Crippen LogP contribution >= 0.6 is 11.6 Å². The number of hydrogen-bond acceptors (Lipinski definition) is 5.